The number of aromatic nitrogens is 1. The van der Waals surface area contributed by atoms with Crippen molar-refractivity contribution < 1.29 is 14.3 Å². The van der Waals surface area contributed by atoms with E-state index in [1.54, 1.807) is 10.6 Å². The maximum absolute atomic E-state index is 12.7. The standard InChI is InChI=1S/C19H17IN2O3S/c1-11-8-12(2)17-15(9-11)22(10-16(23)25-3)19(26-17)21-18(24)13-6-4-5-7-14(13)20/h4-9H,10H2,1-3H3. The molecule has 3 rings (SSSR count). The number of thiazole rings is 1. The van der Waals surface area contributed by atoms with Gasteiger partial charge in [-0.2, -0.15) is 4.99 Å². The number of fused-ring (bicyclic) bond motifs is 1. The molecule has 0 atom stereocenters. The maximum Gasteiger partial charge on any atom is 0.325 e. The Labute approximate surface area is 168 Å². The van der Waals surface area contributed by atoms with Crippen molar-refractivity contribution >= 4 is 56.0 Å². The van der Waals surface area contributed by atoms with Gasteiger partial charge in [-0.05, 0) is 65.8 Å². The molecule has 0 bridgehead atoms. The third kappa shape index (κ3) is 3.73. The molecule has 5 nitrogen and oxygen atoms in total. The van der Waals surface area contributed by atoms with Gasteiger partial charge in [-0.25, -0.2) is 0 Å². The predicted molar refractivity (Wildman–Crippen MR) is 110 cm³/mol. The quantitative estimate of drug-likeness (QED) is 0.423. The van der Waals surface area contributed by atoms with Crippen LogP contribution in [0.1, 0.15) is 21.5 Å². The fraction of sp³-hybridized carbons (Fsp3) is 0.211. The molecular weight excluding hydrogens is 463 g/mol. The SMILES string of the molecule is COC(=O)Cn1c(=NC(=O)c2ccccc2I)sc2c(C)cc(C)cc21. The smallest absolute Gasteiger partial charge is 0.325 e. The van der Waals surface area contributed by atoms with E-state index in [0.717, 1.165) is 24.9 Å². The third-order valence-corrected chi connectivity index (χ3v) is 6.10. The summed E-state index contributed by atoms with van der Waals surface area (Å²) in [5.74, 6) is -0.707. The van der Waals surface area contributed by atoms with Crippen molar-refractivity contribution in [3.63, 3.8) is 0 Å². The minimum absolute atomic E-state index is 0.0113. The third-order valence-electron chi connectivity index (χ3n) is 3.93. The summed E-state index contributed by atoms with van der Waals surface area (Å²) in [5, 5.41) is 0. The Morgan fingerprint density at radius 1 is 1.23 bits per heavy atom. The summed E-state index contributed by atoms with van der Waals surface area (Å²) in [5.41, 5.74) is 3.60. The predicted octanol–water partition coefficient (Wildman–Crippen LogP) is 3.84. The summed E-state index contributed by atoms with van der Waals surface area (Å²) >= 11 is 3.52. The molecule has 0 fully saturated rings. The van der Waals surface area contributed by atoms with E-state index in [2.05, 4.69) is 33.6 Å². The van der Waals surface area contributed by atoms with E-state index < -0.39 is 0 Å². The second-order valence-corrected chi connectivity index (χ2v) is 8.01. The fourth-order valence-electron chi connectivity index (χ4n) is 2.73. The van der Waals surface area contributed by atoms with Crippen LogP contribution in [0, 0.1) is 17.4 Å². The molecule has 1 heterocycles. The van der Waals surface area contributed by atoms with Crippen molar-refractivity contribution in [1.29, 1.82) is 0 Å². The second-order valence-electron chi connectivity index (χ2n) is 5.87. The van der Waals surface area contributed by atoms with Gasteiger partial charge in [-0.3, -0.25) is 9.59 Å². The molecule has 1 amide bonds. The Bertz CT molecular complexity index is 1080. The molecule has 0 unspecified atom stereocenters. The summed E-state index contributed by atoms with van der Waals surface area (Å²) < 4.78 is 8.41. The Morgan fingerprint density at radius 2 is 1.96 bits per heavy atom. The normalized spacial score (nSPS) is 11.8. The lowest BCUT2D eigenvalue weighted by molar-refractivity contribution is -0.141. The number of carbonyl (C=O) groups is 2. The molecule has 0 saturated carbocycles. The molecule has 0 spiro atoms. The molecule has 134 valence electrons. The van der Waals surface area contributed by atoms with Crippen LogP contribution in [0.3, 0.4) is 0 Å². The first kappa shape index (κ1) is 18.8. The molecular formula is C19H17IN2O3S. The van der Waals surface area contributed by atoms with E-state index in [-0.39, 0.29) is 18.4 Å². The van der Waals surface area contributed by atoms with Crippen LogP contribution in [0.5, 0.6) is 0 Å². The zero-order valence-electron chi connectivity index (χ0n) is 14.6. The van der Waals surface area contributed by atoms with Crippen LogP contribution in [0.25, 0.3) is 10.2 Å². The van der Waals surface area contributed by atoms with E-state index >= 15 is 0 Å². The van der Waals surface area contributed by atoms with Crippen molar-refractivity contribution in [2.24, 2.45) is 4.99 Å². The van der Waals surface area contributed by atoms with Gasteiger partial charge < -0.3 is 9.30 Å². The van der Waals surface area contributed by atoms with E-state index in [4.69, 9.17) is 4.74 Å². The summed E-state index contributed by atoms with van der Waals surface area (Å²) in [4.78, 5) is 29.4. The summed E-state index contributed by atoms with van der Waals surface area (Å²) in [6.45, 7) is 4.03. The summed E-state index contributed by atoms with van der Waals surface area (Å²) in [7, 11) is 1.35. The lowest BCUT2D eigenvalue weighted by Gasteiger charge is -2.05. The van der Waals surface area contributed by atoms with E-state index in [0.29, 0.717) is 10.4 Å². The maximum atomic E-state index is 12.7. The van der Waals surface area contributed by atoms with Crippen molar-refractivity contribution in [1.82, 2.24) is 4.57 Å². The molecule has 1 aromatic heterocycles. The number of aryl methyl sites for hydroxylation is 2. The summed E-state index contributed by atoms with van der Waals surface area (Å²) in [6.07, 6.45) is 0. The molecule has 0 aliphatic heterocycles. The first-order valence-electron chi connectivity index (χ1n) is 7.91. The van der Waals surface area contributed by atoms with Gasteiger partial charge in [0, 0.05) is 3.57 Å². The highest BCUT2D eigenvalue weighted by Crippen LogP contribution is 2.23. The Hall–Kier alpha value is -2.00. The van der Waals surface area contributed by atoms with E-state index in [9.17, 15) is 9.59 Å². The van der Waals surface area contributed by atoms with Crippen LogP contribution in [-0.4, -0.2) is 23.6 Å². The van der Waals surface area contributed by atoms with Crippen LogP contribution < -0.4 is 4.80 Å². The number of methoxy groups -OCH3 is 1. The van der Waals surface area contributed by atoms with Gasteiger partial charge in [0.15, 0.2) is 4.80 Å². The second kappa shape index (κ2) is 7.71. The largest absolute Gasteiger partial charge is 0.468 e. The topological polar surface area (TPSA) is 60.7 Å². The van der Waals surface area contributed by atoms with Crippen molar-refractivity contribution in [2.75, 3.05) is 7.11 Å². The number of ether oxygens (including phenoxy) is 1. The number of amides is 1. The number of carbonyl (C=O) groups excluding carboxylic acids is 2. The molecule has 0 N–H and O–H groups in total. The highest BCUT2D eigenvalue weighted by atomic mass is 127. The minimum atomic E-state index is -0.382. The zero-order chi connectivity index (χ0) is 18.8. The lowest BCUT2D eigenvalue weighted by Crippen LogP contribution is -2.22. The average Bonchev–Trinajstić information content (AvgIpc) is 2.93. The van der Waals surface area contributed by atoms with Crippen LogP contribution in [-0.2, 0) is 16.1 Å². The first-order chi connectivity index (χ1) is 12.4. The van der Waals surface area contributed by atoms with Gasteiger partial charge in [0.05, 0.1) is 22.9 Å². The zero-order valence-corrected chi connectivity index (χ0v) is 17.6. The fourth-order valence-corrected chi connectivity index (χ4v) is 4.42. The monoisotopic (exact) mass is 480 g/mol. The molecule has 0 saturated heterocycles. The van der Waals surface area contributed by atoms with Crippen LogP contribution in [0.4, 0.5) is 0 Å². The highest BCUT2D eigenvalue weighted by molar-refractivity contribution is 14.1. The van der Waals surface area contributed by atoms with Crippen LogP contribution in [0.2, 0.25) is 0 Å². The Balaban J connectivity index is 2.22. The van der Waals surface area contributed by atoms with E-state index in [1.807, 2.05) is 38.1 Å². The molecule has 0 aliphatic rings. The number of hydrogen-bond acceptors (Lipinski definition) is 4. The molecule has 3 aromatic rings. The number of hydrogen-bond donors (Lipinski definition) is 0. The molecule has 26 heavy (non-hydrogen) atoms. The van der Waals surface area contributed by atoms with Gasteiger partial charge in [-0.15, -0.1) is 0 Å². The van der Waals surface area contributed by atoms with Gasteiger partial charge in [-0.1, -0.05) is 29.5 Å². The summed E-state index contributed by atoms with van der Waals surface area (Å²) in [6, 6.07) is 11.4. The van der Waals surface area contributed by atoms with Crippen molar-refractivity contribution in [2.45, 2.75) is 20.4 Å². The highest BCUT2D eigenvalue weighted by Gasteiger charge is 2.15. The Morgan fingerprint density at radius 3 is 2.65 bits per heavy atom. The molecule has 0 radical (unpaired) electrons. The van der Waals surface area contributed by atoms with Gasteiger partial charge >= 0.3 is 5.97 Å². The van der Waals surface area contributed by atoms with Gasteiger partial charge in [0.2, 0.25) is 0 Å². The van der Waals surface area contributed by atoms with Crippen molar-refractivity contribution in [3.8, 4) is 0 Å². The lowest BCUT2D eigenvalue weighted by atomic mass is 10.1. The number of esters is 1. The van der Waals surface area contributed by atoms with Gasteiger partial charge in [0.1, 0.15) is 6.54 Å². The van der Waals surface area contributed by atoms with Crippen molar-refractivity contribution in [3.05, 3.63) is 61.5 Å². The number of nitrogens with zero attached hydrogens (tertiary/aromatic N) is 2. The molecule has 7 heteroatoms. The van der Waals surface area contributed by atoms with Crippen LogP contribution in [0.15, 0.2) is 41.4 Å². The van der Waals surface area contributed by atoms with E-state index in [1.165, 1.54) is 18.4 Å². The Kier molecular flexibility index (Phi) is 5.57. The number of benzene rings is 2. The molecule has 2 aromatic carbocycles. The van der Waals surface area contributed by atoms with Crippen LogP contribution >= 0.6 is 33.9 Å². The van der Waals surface area contributed by atoms with Gasteiger partial charge in [0.25, 0.3) is 5.91 Å². The molecule has 0 aliphatic carbocycles. The first-order valence-corrected chi connectivity index (χ1v) is 9.81. The number of halogens is 1. The minimum Gasteiger partial charge on any atom is -0.468 e. The average molecular weight is 480 g/mol. The number of rotatable bonds is 3.